The van der Waals surface area contributed by atoms with Crippen LogP contribution in [0.1, 0.15) is 5.56 Å². The van der Waals surface area contributed by atoms with Crippen molar-refractivity contribution in [3.05, 3.63) is 77.6 Å². The molecule has 0 aliphatic carbocycles. The number of aromatic nitrogens is 2. The highest BCUT2D eigenvalue weighted by Crippen LogP contribution is 2.25. The minimum absolute atomic E-state index is 0.0646. The SMILES string of the molecule is N[C@@H](CNc1cc(-c2ccc3cnccc3c2)no1)Cc1cccc(Cl)c1. The number of benzene rings is 2. The van der Waals surface area contributed by atoms with Crippen molar-refractivity contribution in [2.24, 2.45) is 5.73 Å². The normalized spacial score (nSPS) is 12.2. The first kappa shape index (κ1) is 17.5. The predicted molar refractivity (Wildman–Crippen MR) is 109 cm³/mol. The number of hydrogen-bond acceptors (Lipinski definition) is 5. The van der Waals surface area contributed by atoms with Crippen molar-refractivity contribution in [1.82, 2.24) is 10.1 Å². The molecule has 136 valence electrons. The van der Waals surface area contributed by atoms with Gasteiger partial charge in [0.15, 0.2) is 0 Å². The van der Waals surface area contributed by atoms with Crippen LogP contribution in [0.4, 0.5) is 5.88 Å². The maximum atomic E-state index is 6.21. The smallest absolute Gasteiger partial charge is 0.225 e. The second-order valence-electron chi connectivity index (χ2n) is 6.49. The van der Waals surface area contributed by atoms with Crippen LogP contribution in [0.25, 0.3) is 22.0 Å². The molecule has 6 heteroatoms. The van der Waals surface area contributed by atoms with E-state index in [0.29, 0.717) is 12.4 Å². The summed E-state index contributed by atoms with van der Waals surface area (Å²) in [4.78, 5) is 4.13. The van der Waals surface area contributed by atoms with E-state index in [1.807, 2.05) is 54.7 Å². The zero-order valence-electron chi connectivity index (χ0n) is 14.6. The van der Waals surface area contributed by atoms with E-state index in [2.05, 4.69) is 21.5 Å². The van der Waals surface area contributed by atoms with Crippen LogP contribution in [0.15, 0.2) is 71.5 Å². The van der Waals surface area contributed by atoms with Crippen LogP contribution in [-0.4, -0.2) is 22.7 Å². The number of pyridine rings is 1. The minimum atomic E-state index is -0.0646. The van der Waals surface area contributed by atoms with Crippen molar-refractivity contribution >= 4 is 28.3 Å². The lowest BCUT2D eigenvalue weighted by atomic mass is 10.1. The molecule has 0 spiro atoms. The van der Waals surface area contributed by atoms with E-state index in [9.17, 15) is 0 Å². The Morgan fingerprint density at radius 3 is 2.89 bits per heavy atom. The average molecular weight is 379 g/mol. The molecule has 0 unspecified atom stereocenters. The van der Waals surface area contributed by atoms with Gasteiger partial charge in [-0.05, 0) is 41.6 Å². The summed E-state index contributed by atoms with van der Waals surface area (Å²) < 4.78 is 5.40. The van der Waals surface area contributed by atoms with Crippen molar-refractivity contribution in [2.75, 3.05) is 11.9 Å². The van der Waals surface area contributed by atoms with E-state index in [0.717, 1.165) is 39.0 Å². The third-order valence-corrected chi connectivity index (χ3v) is 4.61. The van der Waals surface area contributed by atoms with Gasteiger partial charge in [-0.2, -0.15) is 0 Å². The lowest BCUT2D eigenvalue weighted by molar-refractivity contribution is 0.433. The van der Waals surface area contributed by atoms with Gasteiger partial charge in [0, 0.05) is 47.0 Å². The van der Waals surface area contributed by atoms with Crippen molar-refractivity contribution in [1.29, 1.82) is 0 Å². The Morgan fingerprint density at radius 1 is 1.07 bits per heavy atom. The highest BCUT2D eigenvalue weighted by atomic mass is 35.5. The number of halogens is 1. The summed E-state index contributed by atoms with van der Waals surface area (Å²) in [6.45, 7) is 0.574. The molecule has 4 rings (SSSR count). The van der Waals surface area contributed by atoms with Gasteiger partial charge in [-0.25, -0.2) is 0 Å². The van der Waals surface area contributed by atoms with Crippen LogP contribution in [0, 0.1) is 0 Å². The van der Waals surface area contributed by atoms with Gasteiger partial charge in [0.1, 0.15) is 5.69 Å². The fraction of sp³-hybridized carbons (Fsp3) is 0.143. The van der Waals surface area contributed by atoms with Gasteiger partial charge in [0.25, 0.3) is 0 Å². The fourth-order valence-corrected chi connectivity index (χ4v) is 3.22. The first-order valence-corrected chi connectivity index (χ1v) is 9.10. The zero-order chi connectivity index (χ0) is 18.6. The van der Waals surface area contributed by atoms with E-state index in [1.54, 1.807) is 6.20 Å². The Hall–Kier alpha value is -2.89. The number of nitrogens with zero attached hydrogens (tertiary/aromatic N) is 2. The summed E-state index contributed by atoms with van der Waals surface area (Å²) in [5.74, 6) is 0.598. The average Bonchev–Trinajstić information content (AvgIpc) is 3.15. The van der Waals surface area contributed by atoms with E-state index in [-0.39, 0.29) is 6.04 Å². The molecule has 2 aromatic carbocycles. The summed E-state index contributed by atoms with van der Waals surface area (Å²) in [7, 11) is 0. The maximum absolute atomic E-state index is 6.21. The fourth-order valence-electron chi connectivity index (χ4n) is 3.01. The Morgan fingerprint density at radius 2 is 2.00 bits per heavy atom. The van der Waals surface area contributed by atoms with Gasteiger partial charge >= 0.3 is 0 Å². The molecule has 2 heterocycles. The summed E-state index contributed by atoms with van der Waals surface area (Å²) in [6, 6.07) is 17.7. The first-order chi connectivity index (χ1) is 13.2. The predicted octanol–water partition coefficient (Wildman–Crippen LogP) is 4.53. The van der Waals surface area contributed by atoms with Crippen molar-refractivity contribution in [2.45, 2.75) is 12.5 Å². The standard InChI is InChI=1S/C21H19ClN4O/c22-18-3-1-2-14(8-18)9-19(23)13-25-21-11-20(26-27-21)16-4-5-17-12-24-7-6-15(17)10-16/h1-8,10-12,19,25H,9,13,23H2/t19-/m1/s1. The third-order valence-electron chi connectivity index (χ3n) is 4.37. The molecular weight excluding hydrogens is 360 g/mol. The molecule has 0 saturated heterocycles. The number of nitrogens with one attached hydrogen (secondary N) is 1. The van der Waals surface area contributed by atoms with Crippen LogP contribution in [-0.2, 0) is 6.42 Å². The Bertz CT molecular complexity index is 1060. The zero-order valence-corrected chi connectivity index (χ0v) is 15.4. The number of rotatable bonds is 6. The highest BCUT2D eigenvalue weighted by molar-refractivity contribution is 6.30. The quantitative estimate of drug-likeness (QED) is 0.515. The summed E-state index contributed by atoms with van der Waals surface area (Å²) in [6.07, 6.45) is 4.35. The molecule has 2 aromatic heterocycles. The molecule has 0 bridgehead atoms. The second kappa shape index (κ2) is 7.78. The topological polar surface area (TPSA) is 77.0 Å². The van der Waals surface area contributed by atoms with Gasteiger partial charge in [-0.1, -0.05) is 41.0 Å². The Labute approximate surface area is 162 Å². The van der Waals surface area contributed by atoms with Gasteiger partial charge in [0.2, 0.25) is 5.88 Å². The van der Waals surface area contributed by atoms with E-state index in [1.165, 1.54) is 0 Å². The summed E-state index contributed by atoms with van der Waals surface area (Å²) >= 11 is 6.02. The van der Waals surface area contributed by atoms with Gasteiger partial charge in [-0.3, -0.25) is 4.98 Å². The molecule has 1 atom stereocenters. The first-order valence-electron chi connectivity index (χ1n) is 8.72. The highest BCUT2D eigenvalue weighted by Gasteiger charge is 2.10. The second-order valence-corrected chi connectivity index (χ2v) is 6.93. The van der Waals surface area contributed by atoms with E-state index >= 15 is 0 Å². The van der Waals surface area contributed by atoms with E-state index < -0.39 is 0 Å². The molecule has 3 N–H and O–H groups in total. The number of nitrogens with two attached hydrogens (primary N) is 1. The summed E-state index contributed by atoms with van der Waals surface area (Å²) in [5.41, 5.74) is 9.09. The Kier molecular flexibility index (Phi) is 5.05. The Balaban J connectivity index is 1.40. The lowest BCUT2D eigenvalue weighted by Crippen LogP contribution is -2.31. The summed E-state index contributed by atoms with van der Waals surface area (Å²) in [5, 5.41) is 10.3. The monoisotopic (exact) mass is 378 g/mol. The van der Waals surface area contributed by atoms with Crippen molar-refractivity contribution in [3.63, 3.8) is 0 Å². The molecule has 4 aromatic rings. The van der Waals surface area contributed by atoms with Crippen LogP contribution >= 0.6 is 11.6 Å². The van der Waals surface area contributed by atoms with E-state index in [4.69, 9.17) is 21.9 Å². The van der Waals surface area contributed by atoms with Crippen LogP contribution in [0.2, 0.25) is 5.02 Å². The molecule has 27 heavy (non-hydrogen) atoms. The molecule has 0 amide bonds. The van der Waals surface area contributed by atoms with Gasteiger partial charge in [0.05, 0.1) is 0 Å². The maximum Gasteiger partial charge on any atom is 0.225 e. The van der Waals surface area contributed by atoms with Crippen molar-refractivity contribution < 1.29 is 4.52 Å². The third kappa shape index (κ3) is 4.27. The molecular formula is C21H19ClN4O. The van der Waals surface area contributed by atoms with Crippen LogP contribution < -0.4 is 11.1 Å². The van der Waals surface area contributed by atoms with Gasteiger partial charge in [-0.15, -0.1) is 0 Å². The number of fused-ring (bicyclic) bond motifs is 1. The molecule has 5 nitrogen and oxygen atoms in total. The minimum Gasteiger partial charge on any atom is -0.352 e. The van der Waals surface area contributed by atoms with Crippen LogP contribution in [0.3, 0.4) is 0 Å². The molecule has 0 saturated carbocycles. The molecule has 0 aliphatic heterocycles. The molecule has 0 radical (unpaired) electrons. The largest absolute Gasteiger partial charge is 0.352 e. The van der Waals surface area contributed by atoms with Gasteiger partial charge < -0.3 is 15.6 Å². The lowest BCUT2D eigenvalue weighted by Gasteiger charge is -2.12. The number of anilines is 1. The number of hydrogen-bond donors (Lipinski definition) is 2. The molecule has 0 fully saturated rings. The molecule has 0 aliphatic rings. The van der Waals surface area contributed by atoms with Crippen molar-refractivity contribution in [3.8, 4) is 11.3 Å². The van der Waals surface area contributed by atoms with Crippen LogP contribution in [0.5, 0.6) is 0 Å².